The molecule has 0 radical (unpaired) electrons. The van der Waals surface area contributed by atoms with E-state index in [1.54, 1.807) is 24.3 Å². The highest BCUT2D eigenvalue weighted by molar-refractivity contribution is 6.13. The first-order valence-electron chi connectivity index (χ1n) is 10.2. The summed E-state index contributed by atoms with van der Waals surface area (Å²) in [6.07, 6.45) is 0. The molecule has 0 atom stereocenters. The fourth-order valence-corrected chi connectivity index (χ4v) is 3.51. The first-order valence-corrected chi connectivity index (χ1v) is 10.2. The predicted octanol–water partition coefficient (Wildman–Crippen LogP) is 5.43. The van der Waals surface area contributed by atoms with Crippen molar-refractivity contribution in [3.8, 4) is 17.0 Å². The number of carbonyl (C=O) groups excluding carboxylic acids is 2. The molecule has 4 rings (SSSR count). The van der Waals surface area contributed by atoms with E-state index in [0.717, 1.165) is 27.7 Å². The van der Waals surface area contributed by atoms with Crippen molar-refractivity contribution >= 4 is 34.1 Å². The van der Waals surface area contributed by atoms with Crippen LogP contribution >= 0.6 is 0 Å². The molecule has 6 heteroatoms. The predicted molar refractivity (Wildman–Crippen MR) is 127 cm³/mol. The van der Waals surface area contributed by atoms with Crippen molar-refractivity contribution in [3.05, 3.63) is 83.9 Å². The minimum atomic E-state index is -0.268. The summed E-state index contributed by atoms with van der Waals surface area (Å²) >= 11 is 0. The summed E-state index contributed by atoms with van der Waals surface area (Å²) in [6.45, 7) is 3.45. The number of hydrogen-bond acceptors (Lipinski definition) is 4. The molecule has 0 aliphatic carbocycles. The van der Waals surface area contributed by atoms with Gasteiger partial charge in [0, 0.05) is 23.6 Å². The van der Waals surface area contributed by atoms with Gasteiger partial charge in [-0.2, -0.15) is 0 Å². The third-order valence-electron chi connectivity index (χ3n) is 5.08. The molecular weight excluding hydrogens is 402 g/mol. The summed E-state index contributed by atoms with van der Waals surface area (Å²) < 4.78 is 5.29. The molecule has 1 heterocycles. The van der Waals surface area contributed by atoms with E-state index in [1.165, 1.54) is 14.0 Å². The van der Waals surface area contributed by atoms with Gasteiger partial charge < -0.3 is 15.4 Å². The van der Waals surface area contributed by atoms with Crippen LogP contribution in [-0.2, 0) is 4.79 Å². The zero-order valence-electron chi connectivity index (χ0n) is 18.1. The molecule has 0 aliphatic heterocycles. The van der Waals surface area contributed by atoms with Crippen molar-refractivity contribution in [1.82, 2.24) is 4.98 Å². The Morgan fingerprint density at radius 3 is 2.38 bits per heavy atom. The molecule has 2 amide bonds. The molecule has 2 N–H and O–H groups in total. The lowest BCUT2D eigenvalue weighted by Gasteiger charge is -2.13. The van der Waals surface area contributed by atoms with Gasteiger partial charge in [-0.05, 0) is 37.3 Å². The summed E-state index contributed by atoms with van der Waals surface area (Å²) in [5.74, 6) is 0.0137. The van der Waals surface area contributed by atoms with Crippen molar-refractivity contribution < 1.29 is 14.3 Å². The van der Waals surface area contributed by atoms with Crippen LogP contribution in [-0.4, -0.2) is 23.9 Å². The molecule has 4 aromatic rings. The summed E-state index contributed by atoms with van der Waals surface area (Å²) in [6, 6.07) is 22.5. The van der Waals surface area contributed by atoms with Gasteiger partial charge in [0.15, 0.2) is 0 Å². The number of amides is 2. The molecule has 0 spiro atoms. The number of ether oxygens (including phenoxy) is 1. The highest BCUT2D eigenvalue weighted by Gasteiger charge is 2.15. The first kappa shape index (κ1) is 21.1. The highest BCUT2D eigenvalue weighted by Crippen LogP contribution is 2.29. The Labute approximate surface area is 186 Å². The van der Waals surface area contributed by atoms with Gasteiger partial charge in [-0.1, -0.05) is 48.0 Å². The van der Waals surface area contributed by atoms with Crippen molar-refractivity contribution in [1.29, 1.82) is 0 Å². The molecule has 3 aromatic carbocycles. The van der Waals surface area contributed by atoms with Crippen LogP contribution in [0.1, 0.15) is 22.8 Å². The van der Waals surface area contributed by atoms with E-state index in [9.17, 15) is 9.59 Å². The minimum absolute atomic E-state index is 0.227. The molecule has 0 bridgehead atoms. The zero-order valence-corrected chi connectivity index (χ0v) is 18.1. The monoisotopic (exact) mass is 425 g/mol. The quantitative estimate of drug-likeness (QED) is 0.447. The van der Waals surface area contributed by atoms with E-state index < -0.39 is 0 Å². The minimum Gasteiger partial charge on any atom is -0.495 e. The molecular formula is C26H23N3O3. The second kappa shape index (κ2) is 8.89. The van der Waals surface area contributed by atoms with Crippen molar-refractivity contribution in [3.63, 3.8) is 0 Å². The van der Waals surface area contributed by atoms with Gasteiger partial charge in [0.25, 0.3) is 5.91 Å². The number of methoxy groups -OCH3 is 1. The molecule has 0 saturated heterocycles. The molecule has 0 saturated carbocycles. The van der Waals surface area contributed by atoms with Crippen LogP contribution in [0.5, 0.6) is 5.75 Å². The number of aryl methyl sites for hydroxylation is 1. The Balaban J connectivity index is 1.73. The van der Waals surface area contributed by atoms with E-state index in [-0.39, 0.29) is 11.8 Å². The third-order valence-corrected chi connectivity index (χ3v) is 5.08. The maximum atomic E-state index is 13.3. The lowest BCUT2D eigenvalue weighted by atomic mass is 10.0. The Morgan fingerprint density at radius 2 is 1.66 bits per heavy atom. The molecule has 0 aliphatic rings. The number of rotatable bonds is 5. The topological polar surface area (TPSA) is 80.3 Å². The zero-order chi connectivity index (χ0) is 22.7. The summed E-state index contributed by atoms with van der Waals surface area (Å²) in [4.78, 5) is 29.6. The fourth-order valence-electron chi connectivity index (χ4n) is 3.51. The van der Waals surface area contributed by atoms with Gasteiger partial charge in [0.2, 0.25) is 5.91 Å². The van der Waals surface area contributed by atoms with Crippen LogP contribution in [0.25, 0.3) is 22.2 Å². The molecule has 32 heavy (non-hydrogen) atoms. The van der Waals surface area contributed by atoms with Gasteiger partial charge in [-0.25, -0.2) is 4.98 Å². The number of pyridine rings is 1. The van der Waals surface area contributed by atoms with Crippen molar-refractivity contribution in [2.24, 2.45) is 0 Å². The fraction of sp³-hybridized carbons (Fsp3) is 0.115. The van der Waals surface area contributed by atoms with Gasteiger partial charge in [-0.3, -0.25) is 9.59 Å². The molecule has 0 fully saturated rings. The number of benzene rings is 3. The van der Waals surface area contributed by atoms with Crippen LogP contribution in [0.4, 0.5) is 11.4 Å². The second-order valence-electron chi connectivity index (χ2n) is 7.49. The van der Waals surface area contributed by atoms with Gasteiger partial charge in [0.05, 0.1) is 29.6 Å². The van der Waals surface area contributed by atoms with Crippen molar-refractivity contribution in [2.45, 2.75) is 13.8 Å². The number of nitrogens with one attached hydrogen (secondary N) is 2. The lowest BCUT2D eigenvalue weighted by Crippen LogP contribution is -2.14. The van der Waals surface area contributed by atoms with E-state index >= 15 is 0 Å². The van der Waals surface area contributed by atoms with E-state index in [4.69, 9.17) is 9.72 Å². The first-order chi connectivity index (χ1) is 15.4. The number of anilines is 2. The highest BCUT2D eigenvalue weighted by atomic mass is 16.5. The SMILES string of the molecule is COc1ccc(NC(=O)c2cc(-c3ccc(C)cc3)nc3ccccc23)cc1NC(C)=O. The number of carbonyl (C=O) groups is 2. The maximum absolute atomic E-state index is 13.3. The lowest BCUT2D eigenvalue weighted by molar-refractivity contribution is -0.114. The maximum Gasteiger partial charge on any atom is 0.256 e. The number of hydrogen-bond donors (Lipinski definition) is 2. The standard InChI is InChI=1S/C26H23N3O3/c1-16-8-10-18(11-9-16)23-15-21(20-6-4-5-7-22(20)29-23)26(31)28-19-12-13-25(32-3)24(14-19)27-17(2)30/h4-15H,1-3H3,(H,27,30)(H,28,31). The molecule has 160 valence electrons. The Bertz CT molecular complexity index is 1310. The molecule has 6 nitrogen and oxygen atoms in total. The summed E-state index contributed by atoms with van der Waals surface area (Å²) in [7, 11) is 1.52. The van der Waals surface area contributed by atoms with E-state index in [2.05, 4.69) is 10.6 Å². The smallest absolute Gasteiger partial charge is 0.256 e. The van der Waals surface area contributed by atoms with Crippen LogP contribution in [0.2, 0.25) is 0 Å². The number of nitrogens with zero attached hydrogens (tertiary/aromatic N) is 1. The normalized spacial score (nSPS) is 10.6. The third kappa shape index (κ3) is 4.44. The van der Waals surface area contributed by atoms with Gasteiger partial charge in [0.1, 0.15) is 5.75 Å². The van der Waals surface area contributed by atoms with Gasteiger partial charge in [-0.15, -0.1) is 0 Å². The number of aromatic nitrogens is 1. The average molecular weight is 425 g/mol. The van der Waals surface area contributed by atoms with Crippen LogP contribution in [0, 0.1) is 6.92 Å². The summed E-state index contributed by atoms with van der Waals surface area (Å²) in [5, 5.41) is 6.41. The van der Waals surface area contributed by atoms with Crippen LogP contribution in [0.3, 0.4) is 0 Å². The molecule has 0 unspecified atom stereocenters. The number of para-hydroxylation sites is 1. The van der Waals surface area contributed by atoms with Crippen LogP contribution < -0.4 is 15.4 Å². The Morgan fingerprint density at radius 1 is 0.906 bits per heavy atom. The van der Waals surface area contributed by atoms with Gasteiger partial charge >= 0.3 is 0 Å². The van der Waals surface area contributed by atoms with Crippen LogP contribution in [0.15, 0.2) is 72.8 Å². The Hall–Kier alpha value is -4.19. The van der Waals surface area contributed by atoms with E-state index in [0.29, 0.717) is 22.7 Å². The summed E-state index contributed by atoms with van der Waals surface area (Å²) in [5.41, 5.74) is 5.10. The second-order valence-corrected chi connectivity index (χ2v) is 7.49. The Kier molecular flexibility index (Phi) is 5.85. The largest absolute Gasteiger partial charge is 0.495 e. The average Bonchev–Trinajstić information content (AvgIpc) is 2.78. The van der Waals surface area contributed by atoms with E-state index in [1.807, 2.05) is 55.5 Å². The molecule has 1 aromatic heterocycles. The van der Waals surface area contributed by atoms with Crippen molar-refractivity contribution in [2.75, 3.05) is 17.7 Å². The number of fused-ring (bicyclic) bond motifs is 1.